The minimum atomic E-state index is -0.239. The normalized spacial score (nSPS) is 10.8. The summed E-state index contributed by atoms with van der Waals surface area (Å²) in [5.74, 6) is 1.18. The molecule has 2 rings (SSSR count). The lowest BCUT2D eigenvalue weighted by Crippen LogP contribution is -2.16. The van der Waals surface area contributed by atoms with E-state index in [1.807, 2.05) is 19.1 Å². The first-order valence-electron chi connectivity index (χ1n) is 7.69. The molecular weight excluding hydrogens is 309 g/mol. The van der Waals surface area contributed by atoms with E-state index < -0.39 is 0 Å². The van der Waals surface area contributed by atoms with Crippen LogP contribution in [-0.2, 0) is 10.5 Å². The lowest BCUT2D eigenvalue weighted by atomic mass is 9.98. The van der Waals surface area contributed by atoms with Gasteiger partial charge in [0.15, 0.2) is 0 Å². The third-order valence-electron chi connectivity index (χ3n) is 3.61. The molecule has 0 aliphatic heterocycles. The molecule has 0 aliphatic rings. The maximum absolute atomic E-state index is 12.8. The summed E-state index contributed by atoms with van der Waals surface area (Å²) >= 11 is 1.53. The largest absolute Gasteiger partial charge is 0.325 e. The van der Waals surface area contributed by atoms with Gasteiger partial charge in [-0.2, -0.15) is 0 Å². The first kappa shape index (κ1) is 17.5. The van der Waals surface area contributed by atoms with Crippen molar-refractivity contribution in [1.29, 1.82) is 0 Å². The van der Waals surface area contributed by atoms with E-state index >= 15 is 0 Å². The van der Waals surface area contributed by atoms with Crippen molar-refractivity contribution >= 4 is 23.4 Å². The molecule has 0 saturated heterocycles. The highest BCUT2D eigenvalue weighted by Gasteiger charge is 2.12. The zero-order valence-electron chi connectivity index (χ0n) is 13.7. The molecule has 2 nitrogen and oxygen atoms in total. The van der Waals surface area contributed by atoms with Gasteiger partial charge < -0.3 is 5.32 Å². The number of rotatable bonds is 6. The van der Waals surface area contributed by atoms with Crippen LogP contribution in [0.2, 0.25) is 0 Å². The number of carbonyl (C=O) groups excluding carboxylic acids is 1. The van der Waals surface area contributed by atoms with Crippen LogP contribution < -0.4 is 5.32 Å². The van der Waals surface area contributed by atoms with Gasteiger partial charge in [-0.05, 0) is 41.7 Å². The maximum Gasteiger partial charge on any atom is 0.234 e. The molecule has 2 aromatic carbocycles. The number of hydrogen-bond donors (Lipinski definition) is 1. The molecule has 1 N–H and O–H groups in total. The van der Waals surface area contributed by atoms with Crippen molar-refractivity contribution in [3.8, 4) is 0 Å². The second-order valence-corrected chi connectivity index (χ2v) is 6.85. The van der Waals surface area contributed by atoms with Gasteiger partial charge in [-0.1, -0.05) is 44.2 Å². The van der Waals surface area contributed by atoms with Crippen molar-refractivity contribution in [2.75, 3.05) is 11.1 Å². The molecule has 4 heteroatoms. The number of nitrogens with one attached hydrogen (secondary N) is 1. The van der Waals surface area contributed by atoms with Crippen LogP contribution in [0.4, 0.5) is 10.1 Å². The summed E-state index contributed by atoms with van der Waals surface area (Å²) in [7, 11) is 0. The average molecular weight is 331 g/mol. The molecule has 0 bridgehead atoms. The summed E-state index contributed by atoms with van der Waals surface area (Å²) in [4.78, 5) is 12.2. The number of carbonyl (C=O) groups is 1. The lowest BCUT2D eigenvalue weighted by Gasteiger charge is -2.16. The van der Waals surface area contributed by atoms with Gasteiger partial charge in [-0.3, -0.25) is 4.79 Å². The van der Waals surface area contributed by atoms with Crippen molar-refractivity contribution in [2.45, 2.75) is 32.4 Å². The van der Waals surface area contributed by atoms with Crippen LogP contribution in [0.5, 0.6) is 0 Å². The minimum Gasteiger partial charge on any atom is -0.325 e. The van der Waals surface area contributed by atoms with Crippen LogP contribution in [-0.4, -0.2) is 11.7 Å². The predicted molar refractivity (Wildman–Crippen MR) is 96.5 cm³/mol. The van der Waals surface area contributed by atoms with Gasteiger partial charge >= 0.3 is 0 Å². The number of hydrogen-bond acceptors (Lipinski definition) is 2. The summed E-state index contributed by atoms with van der Waals surface area (Å²) in [5, 5.41) is 3.04. The summed E-state index contributed by atoms with van der Waals surface area (Å²) < 4.78 is 12.8. The Labute approximate surface area is 141 Å². The van der Waals surface area contributed by atoms with E-state index in [1.54, 1.807) is 12.1 Å². The van der Waals surface area contributed by atoms with Gasteiger partial charge in [0.25, 0.3) is 0 Å². The van der Waals surface area contributed by atoms with Gasteiger partial charge in [0.05, 0.1) is 5.75 Å². The Hall–Kier alpha value is -1.81. The Kier molecular flexibility index (Phi) is 6.22. The van der Waals surface area contributed by atoms with Crippen LogP contribution in [0.15, 0.2) is 42.5 Å². The lowest BCUT2D eigenvalue weighted by molar-refractivity contribution is -0.113. The number of benzene rings is 2. The summed E-state index contributed by atoms with van der Waals surface area (Å²) in [5.41, 5.74) is 4.17. The first-order chi connectivity index (χ1) is 11.0. The Morgan fingerprint density at radius 3 is 2.52 bits per heavy atom. The van der Waals surface area contributed by atoms with Crippen molar-refractivity contribution in [3.63, 3.8) is 0 Å². The Balaban J connectivity index is 1.91. The highest BCUT2D eigenvalue weighted by molar-refractivity contribution is 7.99. The summed E-state index contributed by atoms with van der Waals surface area (Å²) in [6, 6.07) is 12.5. The molecule has 0 aromatic heterocycles. The van der Waals surface area contributed by atoms with Gasteiger partial charge in [0.1, 0.15) is 5.82 Å². The third-order valence-corrected chi connectivity index (χ3v) is 4.61. The number of para-hydroxylation sites is 1. The van der Waals surface area contributed by atoms with Crippen LogP contribution in [0.1, 0.15) is 36.5 Å². The summed E-state index contributed by atoms with van der Waals surface area (Å²) in [6.45, 7) is 6.24. The number of amides is 1. The highest BCUT2D eigenvalue weighted by atomic mass is 32.2. The van der Waals surface area contributed by atoms with Crippen LogP contribution >= 0.6 is 11.8 Å². The number of halogens is 1. The second kappa shape index (κ2) is 8.16. The molecular formula is C19H22FNOS. The molecule has 2 aromatic rings. The van der Waals surface area contributed by atoms with Crippen LogP contribution in [0.25, 0.3) is 0 Å². The van der Waals surface area contributed by atoms with E-state index in [2.05, 4.69) is 25.2 Å². The molecule has 0 fully saturated rings. The SMILES string of the molecule is Cc1cccc(C(C)C)c1NC(=O)CSCc1ccc(F)cc1. The fraction of sp³-hybridized carbons (Fsp3) is 0.316. The van der Waals surface area contributed by atoms with E-state index in [0.717, 1.165) is 22.4 Å². The Bertz CT molecular complexity index is 668. The third kappa shape index (κ3) is 5.10. The Morgan fingerprint density at radius 1 is 1.17 bits per heavy atom. The van der Waals surface area contributed by atoms with Gasteiger partial charge in [-0.25, -0.2) is 4.39 Å². The molecule has 0 spiro atoms. The van der Waals surface area contributed by atoms with E-state index in [1.165, 1.54) is 23.9 Å². The van der Waals surface area contributed by atoms with E-state index in [4.69, 9.17) is 0 Å². The topological polar surface area (TPSA) is 29.1 Å². The minimum absolute atomic E-state index is 0.00619. The first-order valence-corrected chi connectivity index (χ1v) is 8.84. The van der Waals surface area contributed by atoms with Crippen LogP contribution in [0.3, 0.4) is 0 Å². The van der Waals surface area contributed by atoms with Crippen molar-refractivity contribution < 1.29 is 9.18 Å². The highest BCUT2D eigenvalue weighted by Crippen LogP contribution is 2.27. The zero-order valence-corrected chi connectivity index (χ0v) is 14.5. The van der Waals surface area contributed by atoms with Gasteiger partial charge in [-0.15, -0.1) is 11.8 Å². The standard InChI is InChI=1S/C19H22FNOS/c1-13(2)17-6-4-5-14(3)19(17)21-18(22)12-23-11-15-7-9-16(20)10-8-15/h4-10,13H,11-12H2,1-3H3,(H,21,22). The van der Waals surface area contributed by atoms with E-state index in [-0.39, 0.29) is 11.7 Å². The smallest absolute Gasteiger partial charge is 0.234 e. The fourth-order valence-electron chi connectivity index (χ4n) is 2.36. The summed E-state index contributed by atoms with van der Waals surface area (Å²) in [6.07, 6.45) is 0. The Morgan fingerprint density at radius 2 is 1.87 bits per heavy atom. The monoisotopic (exact) mass is 331 g/mol. The number of thioether (sulfide) groups is 1. The fourth-order valence-corrected chi connectivity index (χ4v) is 3.15. The predicted octanol–water partition coefficient (Wildman–Crippen LogP) is 5.13. The van der Waals surface area contributed by atoms with E-state index in [9.17, 15) is 9.18 Å². The zero-order chi connectivity index (χ0) is 16.8. The quantitative estimate of drug-likeness (QED) is 0.795. The van der Waals surface area contributed by atoms with Gasteiger partial charge in [0, 0.05) is 11.4 Å². The van der Waals surface area contributed by atoms with Crippen molar-refractivity contribution in [2.24, 2.45) is 0 Å². The molecule has 0 unspecified atom stereocenters. The molecule has 0 aliphatic carbocycles. The molecule has 0 atom stereocenters. The molecule has 0 radical (unpaired) electrons. The van der Waals surface area contributed by atoms with Crippen LogP contribution in [0, 0.1) is 12.7 Å². The number of anilines is 1. The number of aryl methyl sites for hydroxylation is 1. The van der Waals surface area contributed by atoms with Gasteiger partial charge in [0.2, 0.25) is 5.91 Å². The van der Waals surface area contributed by atoms with Crippen molar-refractivity contribution in [1.82, 2.24) is 0 Å². The second-order valence-electron chi connectivity index (χ2n) is 5.86. The molecule has 23 heavy (non-hydrogen) atoms. The molecule has 1 amide bonds. The molecule has 0 heterocycles. The van der Waals surface area contributed by atoms with E-state index in [0.29, 0.717) is 17.4 Å². The van der Waals surface area contributed by atoms with Crippen molar-refractivity contribution in [3.05, 3.63) is 65.0 Å². The maximum atomic E-state index is 12.8. The molecule has 122 valence electrons. The average Bonchev–Trinajstić information content (AvgIpc) is 2.51. The molecule has 0 saturated carbocycles.